The Morgan fingerprint density at radius 3 is 2.10 bits per heavy atom. The van der Waals surface area contributed by atoms with E-state index < -0.39 is 0 Å². The second-order valence-electron chi connectivity index (χ2n) is 10.6. The summed E-state index contributed by atoms with van der Waals surface area (Å²) in [4.78, 5) is 16.9. The summed E-state index contributed by atoms with van der Waals surface area (Å²) in [7, 11) is 0. The number of nitrogens with zero attached hydrogens (tertiary/aromatic N) is 5. The van der Waals surface area contributed by atoms with Gasteiger partial charge in [0.2, 0.25) is 5.95 Å². The summed E-state index contributed by atoms with van der Waals surface area (Å²) >= 11 is 5.67. The van der Waals surface area contributed by atoms with E-state index >= 15 is 0 Å². The first kappa shape index (κ1) is 26.3. The quantitative estimate of drug-likeness (QED) is 0.317. The van der Waals surface area contributed by atoms with Crippen molar-refractivity contribution in [2.75, 3.05) is 59.4 Å². The Labute approximate surface area is 251 Å². The summed E-state index contributed by atoms with van der Waals surface area (Å²) in [5.74, 6) is 3.82. The Morgan fingerprint density at radius 1 is 0.714 bits per heavy atom. The Kier molecular flexibility index (Phi) is 7.36. The number of fused-ring (bicyclic) bond motifs is 2. The number of nitrogens with one attached hydrogen (secondary N) is 2. The van der Waals surface area contributed by atoms with Crippen LogP contribution in [0.2, 0.25) is 0 Å². The number of piperazine rings is 1. The maximum absolute atomic E-state index is 5.72. The van der Waals surface area contributed by atoms with E-state index in [1.807, 2.05) is 18.2 Å². The van der Waals surface area contributed by atoms with Crippen LogP contribution in [0.3, 0.4) is 0 Å². The fraction of sp³-hybridized carbons (Fsp3) is 0.281. The highest BCUT2D eigenvalue weighted by molar-refractivity contribution is 7.80. The molecule has 0 radical (unpaired) electrons. The molecular formula is C32H33N7O2S. The molecular weight excluding hydrogens is 546 g/mol. The molecule has 214 valence electrons. The zero-order chi connectivity index (χ0) is 28.3. The lowest BCUT2D eigenvalue weighted by molar-refractivity contribution is 0.171. The van der Waals surface area contributed by atoms with Gasteiger partial charge in [-0.25, -0.2) is 0 Å². The molecule has 3 aliphatic rings. The molecule has 0 spiro atoms. The van der Waals surface area contributed by atoms with Crippen molar-refractivity contribution in [1.29, 1.82) is 0 Å². The molecule has 0 unspecified atom stereocenters. The monoisotopic (exact) mass is 579 g/mol. The molecule has 0 atom stereocenters. The first-order chi connectivity index (χ1) is 20.7. The van der Waals surface area contributed by atoms with Crippen molar-refractivity contribution < 1.29 is 9.47 Å². The van der Waals surface area contributed by atoms with Gasteiger partial charge in [0, 0.05) is 57.6 Å². The van der Waals surface area contributed by atoms with Crippen molar-refractivity contribution in [3.05, 3.63) is 95.6 Å². The van der Waals surface area contributed by atoms with E-state index in [4.69, 9.17) is 31.7 Å². The molecule has 2 N–H and O–H groups in total. The number of para-hydroxylation sites is 1. The van der Waals surface area contributed by atoms with Gasteiger partial charge in [-0.15, -0.1) is 0 Å². The predicted octanol–water partition coefficient (Wildman–Crippen LogP) is 4.58. The number of anilines is 4. The Balaban J connectivity index is 1.07. The van der Waals surface area contributed by atoms with E-state index in [2.05, 4.69) is 86.0 Å². The number of hydrogen-bond acceptors (Lipinski definition) is 8. The van der Waals surface area contributed by atoms with Gasteiger partial charge in [0.1, 0.15) is 24.8 Å². The highest BCUT2D eigenvalue weighted by Gasteiger charge is 2.24. The molecule has 0 amide bonds. The minimum atomic E-state index is 0.464. The number of hydrogen-bond donors (Lipinski definition) is 2. The summed E-state index contributed by atoms with van der Waals surface area (Å²) in [5, 5.41) is 7.01. The predicted molar refractivity (Wildman–Crippen MR) is 170 cm³/mol. The van der Waals surface area contributed by atoms with E-state index in [1.54, 1.807) is 0 Å². The van der Waals surface area contributed by atoms with Crippen molar-refractivity contribution in [3.8, 4) is 11.5 Å². The standard InChI is InChI=1S/C32H33N7O2S/c42-32(33-20-23-10-11-27-28(18-23)41-17-16-40-27)36-31-34-29(38-14-12-37(13-15-38)26-8-2-1-3-9-26)19-30(35-31)39-21-24-6-4-5-7-25(24)22-39/h1-11,18-19H,12-17,20-22H2,(H2,33,34,35,36,42). The van der Waals surface area contributed by atoms with Crippen LogP contribution in [0.1, 0.15) is 16.7 Å². The minimum absolute atomic E-state index is 0.464. The van der Waals surface area contributed by atoms with Crippen molar-refractivity contribution in [2.24, 2.45) is 0 Å². The fourth-order valence-electron chi connectivity index (χ4n) is 5.66. The smallest absolute Gasteiger partial charge is 0.232 e. The van der Waals surface area contributed by atoms with Crippen LogP contribution in [0.15, 0.2) is 78.9 Å². The molecule has 3 aliphatic heterocycles. The molecule has 42 heavy (non-hydrogen) atoms. The van der Waals surface area contributed by atoms with Crippen LogP contribution < -0.4 is 34.8 Å². The molecule has 0 aliphatic carbocycles. The molecule has 1 aromatic heterocycles. The van der Waals surface area contributed by atoms with Gasteiger partial charge in [0.05, 0.1) is 0 Å². The highest BCUT2D eigenvalue weighted by Crippen LogP contribution is 2.32. The first-order valence-corrected chi connectivity index (χ1v) is 14.8. The van der Waals surface area contributed by atoms with Crippen LogP contribution in [-0.4, -0.2) is 54.5 Å². The van der Waals surface area contributed by atoms with Crippen LogP contribution in [0, 0.1) is 0 Å². The van der Waals surface area contributed by atoms with Gasteiger partial charge in [-0.3, -0.25) is 0 Å². The summed E-state index contributed by atoms with van der Waals surface area (Å²) in [5.41, 5.74) is 4.97. The van der Waals surface area contributed by atoms with Gasteiger partial charge in [0.15, 0.2) is 16.6 Å². The van der Waals surface area contributed by atoms with Crippen LogP contribution in [0.25, 0.3) is 0 Å². The average Bonchev–Trinajstić information content (AvgIpc) is 3.49. The molecule has 1 fully saturated rings. The summed E-state index contributed by atoms with van der Waals surface area (Å²) in [6.45, 7) is 6.91. The summed E-state index contributed by atoms with van der Waals surface area (Å²) in [6, 6.07) is 27.2. The van der Waals surface area contributed by atoms with Crippen LogP contribution in [-0.2, 0) is 19.6 Å². The third kappa shape index (κ3) is 5.75. The molecule has 0 bridgehead atoms. The SMILES string of the molecule is S=C(NCc1ccc2c(c1)OCCO2)Nc1nc(N2CCN(c3ccccc3)CC2)cc(N2Cc3ccccc3C2)n1. The van der Waals surface area contributed by atoms with Gasteiger partial charge in [-0.2, -0.15) is 9.97 Å². The normalized spacial score (nSPS) is 15.8. The Hall–Kier alpha value is -4.57. The van der Waals surface area contributed by atoms with Crippen LogP contribution in [0.4, 0.5) is 23.3 Å². The van der Waals surface area contributed by atoms with Crippen molar-refractivity contribution in [1.82, 2.24) is 15.3 Å². The molecule has 10 heteroatoms. The van der Waals surface area contributed by atoms with E-state index in [0.29, 0.717) is 30.8 Å². The summed E-state index contributed by atoms with van der Waals surface area (Å²) in [6.07, 6.45) is 0. The summed E-state index contributed by atoms with van der Waals surface area (Å²) < 4.78 is 11.4. The number of rotatable bonds is 6. The third-order valence-electron chi connectivity index (χ3n) is 7.87. The minimum Gasteiger partial charge on any atom is -0.486 e. The molecule has 4 aromatic rings. The second-order valence-corrected chi connectivity index (χ2v) is 11.0. The topological polar surface area (TPSA) is 78.0 Å². The number of thiocarbonyl (C=S) groups is 1. The zero-order valence-corrected chi connectivity index (χ0v) is 24.1. The van der Waals surface area contributed by atoms with Crippen LogP contribution in [0.5, 0.6) is 11.5 Å². The molecule has 3 aromatic carbocycles. The Morgan fingerprint density at radius 2 is 1.36 bits per heavy atom. The lowest BCUT2D eigenvalue weighted by Gasteiger charge is -2.37. The van der Waals surface area contributed by atoms with Crippen molar-refractivity contribution in [3.63, 3.8) is 0 Å². The van der Waals surface area contributed by atoms with E-state index in [0.717, 1.165) is 68.0 Å². The number of benzene rings is 3. The van der Waals surface area contributed by atoms with Crippen LogP contribution >= 0.6 is 12.2 Å². The van der Waals surface area contributed by atoms with Gasteiger partial charge in [-0.05, 0) is 53.2 Å². The van der Waals surface area contributed by atoms with E-state index in [-0.39, 0.29) is 0 Å². The Bertz CT molecular complexity index is 1550. The van der Waals surface area contributed by atoms with Crippen molar-refractivity contribution in [2.45, 2.75) is 19.6 Å². The largest absolute Gasteiger partial charge is 0.486 e. The molecule has 9 nitrogen and oxygen atoms in total. The number of ether oxygens (including phenoxy) is 2. The maximum atomic E-state index is 5.72. The van der Waals surface area contributed by atoms with E-state index in [9.17, 15) is 0 Å². The number of aromatic nitrogens is 2. The second kappa shape index (κ2) is 11.7. The van der Waals surface area contributed by atoms with Gasteiger partial charge in [0.25, 0.3) is 0 Å². The van der Waals surface area contributed by atoms with E-state index in [1.165, 1.54) is 16.8 Å². The molecule has 7 rings (SSSR count). The van der Waals surface area contributed by atoms with Gasteiger partial charge in [-0.1, -0.05) is 48.5 Å². The fourth-order valence-corrected chi connectivity index (χ4v) is 5.82. The van der Waals surface area contributed by atoms with Gasteiger partial charge >= 0.3 is 0 Å². The van der Waals surface area contributed by atoms with Crippen molar-refractivity contribution >= 4 is 40.6 Å². The first-order valence-electron chi connectivity index (χ1n) is 14.4. The highest BCUT2D eigenvalue weighted by atomic mass is 32.1. The average molecular weight is 580 g/mol. The molecule has 1 saturated heterocycles. The lowest BCUT2D eigenvalue weighted by Crippen LogP contribution is -2.47. The maximum Gasteiger partial charge on any atom is 0.232 e. The molecule has 4 heterocycles. The lowest BCUT2D eigenvalue weighted by atomic mass is 10.1. The van der Waals surface area contributed by atoms with Gasteiger partial charge < -0.3 is 34.8 Å². The zero-order valence-electron chi connectivity index (χ0n) is 23.3. The molecule has 0 saturated carbocycles. The third-order valence-corrected chi connectivity index (χ3v) is 8.12.